The van der Waals surface area contributed by atoms with Gasteiger partial charge in [0.2, 0.25) is 5.91 Å². The highest BCUT2D eigenvalue weighted by Gasteiger charge is 2.33. The summed E-state index contributed by atoms with van der Waals surface area (Å²) in [5, 5.41) is 7.28. The lowest BCUT2D eigenvalue weighted by Gasteiger charge is -2.35. The van der Waals surface area contributed by atoms with Crippen molar-refractivity contribution in [3.05, 3.63) is 17.5 Å². The second kappa shape index (κ2) is 6.76. The van der Waals surface area contributed by atoms with Crippen LogP contribution in [0.3, 0.4) is 0 Å². The number of carbonyl (C=O) groups is 1. The van der Waals surface area contributed by atoms with Gasteiger partial charge in [-0.05, 0) is 13.3 Å². The summed E-state index contributed by atoms with van der Waals surface area (Å²) in [5.41, 5.74) is 0.956. The van der Waals surface area contributed by atoms with Crippen LogP contribution in [-0.2, 0) is 16.1 Å². The van der Waals surface area contributed by atoms with Crippen molar-refractivity contribution in [1.82, 2.24) is 20.3 Å². The van der Waals surface area contributed by atoms with Crippen LogP contribution in [0.1, 0.15) is 17.9 Å². The van der Waals surface area contributed by atoms with Gasteiger partial charge in [0.05, 0.1) is 17.8 Å². The van der Waals surface area contributed by atoms with E-state index < -0.39 is 0 Å². The van der Waals surface area contributed by atoms with Crippen LogP contribution < -0.4 is 5.32 Å². The number of nitrogens with one attached hydrogen (secondary N) is 1. The number of ether oxygens (including phenoxy) is 1. The Hall–Kier alpha value is -1.44. The fraction of sp³-hybridized carbons (Fsp3) is 0.733. The third-order valence-corrected chi connectivity index (χ3v) is 4.47. The van der Waals surface area contributed by atoms with E-state index in [9.17, 15) is 4.79 Å². The largest absolute Gasteiger partial charge is 0.380 e. The molecular formula is C15H24N4O3. The van der Waals surface area contributed by atoms with Crippen LogP contribution in [0, 0.1) is 6.92 Å². The smallest absolute Gasteiger partial charge is 0.239 e. The van der Waals surface area contributed by atoms with Crippen LogP contribution in [0.15, 0.2) is 10.6 Å². The average Bonchev–Trinajstić information content (AvgIpc) is 3.16. The molecule has 7 nitrogen and oxygen atoms in total. The molecule has 2 atom stereocenters. The number of aromatic nitrogens is 1. The lowest BCUT2D eigenvalue weighted by Crippen LogP contribution is -2.52. The fourth-order valence-electron chi connectivity index (χ4n) is 3.14. The molecule has 7 heteroatoms. The van der Waals surface area contributed by atoms with E-state index in [1.165, 1.54) is 0 Å². The fourth-order valence-corrected chi connectivity index (χ4v) is 3.14. The zero-order valence-corrected chi connectivity index (χ0v) is 13.2. The molecule has 0 spiro atoms. The molecule has 1 N–H and O–H groups in total. The second-order valence-electron chi connectivity index (χ2n) is 6.08. The van der Waals surface area contributed by atoms with Gasteiger partial charge in [0.1, 0.15) is 5.76 Å². The standard InChI is InChI=1S/C15H24N4O3/c1-11-7-12(17-22-11)10-18-3-5-19(6-4-18)15(20)14-8-13(21-2)9-16-14/h7,13-14,16H,3-6,8-10H2,1-2H3/t13-,14-/m0/s1. The first kappa shape index (κ1) is 15.5. The number of carbonyl (C=O) groups excluding carboxylic acids is 1. The summed E-state index contributed by atoms with van der Waals surface area (Å²) in [7, 11) is 1.70. The van der Waals surface area contributed by atoms with Crippen molar-refractivity contribution in [3.63, 3.8) is 0 Å². The molecule has 1 aromatic heterocycles. The summed E-state index contributed by atoms with van der Waals surface area (Å²) in [6.07, 6.45) is 0.930. The highest BCUT2D eigenvalue weighted by molar-refractivity contribution is 5.82. The molecule has 2 fully saturated rings. The number of rotatable bonds is 4. The lowest BCUT2D eigenvalue weighted by atomic mass is 10.1. The lowest BCUT2D eigenvalue weighted by molar-refractivity contribution is -0.135. The van der Waals surface area contributed by atoms with Gasteiger partial charge in [-0.3, -0.25) is 9.69 Å². The minimum absolute atomic E-state index is 0.0882. The zero-order valence-electron chi connectivity index (χ0n) is 13.2. The molecule has 22 heavy (non-hydrogen) atoms. The first-order valence-corrected chi connectivity index (χ1v) is 7.85. The van der Waals surface area contributed by atoms with Gasteiger partial charge in [0, 0.05) is 52.4 Å². The number of amides is 1. The van der Waals surface area contributed by atoms with Gasteiger partial charge in [-0.2, -0.15) is 0 Å². The average molecular weight is 308 g/mol. The normalized spacial score (nSPS) is 26.5. The Morgan fingerprint density at radius 3 is 2.82 bits per heavy atom. The molecule has 0 aliphatic carbocycles. The van der Waals surface area contributed by atoms with Crippen molar-refractivity contribution in [1.29, 1.82) is 0 Å². The molecule has 0 unspecified atom stereocenters. The van der Waals surface area contributed by atoms with E-state index in [1.54, 1.807) is 7.11 Å². The SMILES string of the molecule is CO[C@@H]1CN[C@H](C(=O)N2CCN(Cc3cc(C)on3)CC2)C1. The van der Waals surface area contributed by atoms with E-state index in [-0.39, 0.29) is 18.1 Å². The molecule has 2 aliphatic rings. The van der Waals surface area contributed by atoms with E-state index in [0.29, 0.717) is 0 Å². The van der Waals surface area contributed by atoms with Crippen LogP contribution in [-0.4, -0.2) is 72.8 Å². The maximum absolute atomic E-state index is 12.5. The monoisotopic (exact) mass is 308 g/mol. The number of piperazine rings is 1. The summed E-state index contributed by atoms with van der Waals surface area (Å²) < 4.78 is 10.4. The van der Waals surface area contributed by atoms with Gasteiger partial charge >= 0.3 is 0 Å². The molecule has 0 bridgehead atoms. The maximum atomic E-state index is 12.5. The van der Waals surface area contributed by atoms with Crippen molar-refractivity contribution in [3.8, 4) is 0 Å². The Kier molecular flexibility index (Phi) is 4.75. The first-order chi connectivity index (χ1) is 10.7. The highest BCUT2D eigenvalue weighted by Crippen LogP contribution is 2.14. The van der Waals surface area contributed by atoms with E-state index in [0.717, 1.165) is 57.1 Å². The quantitative estimate of drug-likeness (QED) is 0.844. The minimum Gasteiger partial charge on any atom is -0.380 e. The van der Waals surface area contributed by atoms with E-state index >= 15 is 0 Å². The maximum Gasteiger partial charge on any atom is 0.239 e. The van der Waals surface area contributed by atoms with Crippen LogP contribution in [0.2, 0.25) is 0 Å². The summed E-state index contributed by atoms with van der Waals surface area (Å²) in [4.78, 5) is 16.8. The molecule has 2 aliphatic heterocycles. The molecule has 0 radical (unpaired) electrons. The van der Waals surface area contributed by atoms with Gasteiger partial charge in [0.15, 0.2) is 0 Å². The van der Waals surface area contributed by atoms with Gasteiger partial charge < -0.3 is 19.5 Å². The topological polar surface area (TPSA) is 70.8 Å². The summed E-state index contributed by atoms with van der Waals surface area (Å²) in [6, 6.07) is 1.87. The molecule has 122 valence electrons. The molecule has 1 aromatic rings. The highest BCUT2D eigenvalue weighted by atomic mass is 16.5. The Labute approximate surface area is 130 Å². The molecule has 0 saturated carbocycles. The summed E-state index contributed by atoms with van der Waals surface area (Å²) >= 11 is 0. The van der Waals surface area contributed by atoms with Crippen molar-refractivity contribution in [2.75, 3.05) is 39.8 Å². The molecule has 3 heterocycles. The second-order valence-corrected chi connectivity index (χ2v) is 6.08. The number of nitrogens with zero attached hydrogens (tertiary/aromatic N) is 3. The number of aryl methyl sites for hydroxylation is 1. The van der Waals surface area contributed by atoms with E-state index in [1.807, 2.05) is 17.9 Å². The summed E-state index contributed by atoms with van der Waals surface area (Å²) in [6.45, 7) is 6.73. The van der Waals surface area contributed by atoms with Crippen molar-refractivity contribution in [2.45, 2.75) is 32.0 Å². The third kappa shape index (κ3) is 3.48. The number of hydrogen-bond acceptors (Lipinski definition) is 6. The first-order valence-electron chi connectivity index (χ1n) is 7.85. The van der Waals surface area contributed by atoms with Gasteiger partial charge in [0.25, 0.3) is 0 Å². The predicted octanol–water partition coefficient (Wildman–Crippen LogP) is 0.00412. The van der Waals surface area contributed by atoms with Crippen molar-refractivity contribution < 1.29 is 14.1 Å². The molecule has 0 aromatic carbocycles. The Morgan fingerprint density at radius 1 is 1.45 bits per heavy atom. The van der Waals surface area contributed by atoms with Crippen molar-refractivity contribution in [2.24, 2.45) is 0 Å². The van der Waals surface area contributed by atoms with Gasteiger partial charge in [-0.25, -0.2) is 0 Å². The van der Waals surface area contributed by atoms with E-state index in [4.69, 9.17) is 9.26 Å². The number of methoxy groups -OCH3 is 1. The zero-order chi connectivity index (χ0) is 15.5. The van der Waals surface area contributed by atoms with E-state index in [2.05, 4.69) is 15.4 Å². The third-order valence-electron chi connectivity index (χ3n) is 4.47. The molecule has 3 rings (SSSR count). The minimum atomic E-state index is -0.0882. The molecule has 1 amide bonds. The Morgan fingerprint density at radius 2 is 2.23 bits per heavy atom. The van der Waals surface area contributed by atoms with Gasteiger partial charge in [-0.1, -0.05) is 5.16 Å². The number of hydrogen-bond donors (Lipinski definition) is 1. The van der Waals surface area contributed by atoms with Crippen LogP contribution in [0.4, 0.5) is 0 Å². The van der Waals surface area contributed by atoms with Crippen LogP contribution in [0.25, 0.3) is 0 Å². The van der Waals surface area contributed by atoms with Crippen molar-refractivity contribution >= 4 is 5.91 Å². The van der Waals surface area contributed by atoms with Crippen LogP contribution in [0.5, 0.6) is 0 Å². The van der Waals surface area contributed by atoms with Gasteiger partial charge in [-0.15, -0.1) is 0 Å². The molecule has 2 saturated heterocycles. The predicted molar refractivity (Wildman–Crippen MR) is 80.3 cm³/mol. The Bertz CT molecular complexity index is 511. The Balaban J connectivity index is 1.46. The van der Waals surface area contributed by atoms with Crippen LogP contribution >= 0.6 is 0 Å². The summed E-state index contributed by atoms with van der Waals surface area (Å²) in [5.74, 6) is 1.04. The molecular weight excluding hydrogens is 284 g/mol.